The van der Waals surface area contributed by atoms with Crippen molar-refractivity contribution in [2.75, 3.05) is 14.2 Å². The molecule has 2 aromatic carbocycles. The molecule has 1 amide bonds. The molecule has 27 heavy (non-hydrogen) atoms. The Morgan fingerprint density at radius 2 is 1.85 bits per heavy atom. The van der Waals surface area contributed by atoms with E-state index in [1.807, 2.05) is 0 Å². The van der Waals surface area contributed by atoms with E-state index in [4.69, 9.17) is 9.47 Å². The zero-order valence-electron chi connectivity index (χ0n) is 14.9. The molecule has 0 bridgehead atoms. The summed E-state index contributed by atoms with van der Waals surface area (Å²) in [6.45, 7) is 0. The van der Waals surface area contributed by atoms with Crippen molar-refractivity contribution in [3.63, 3.8) is 0 Å². The number of amides is 1. The lowest BCUT2D eigenvalue weighted by Crippen LogP contribution is -2.30. The number of benzene rings is 2. The highest BCUT2D eigenvalue weighted by molar-refractivity contribution is 5.98. The number of nitrogens with one attached hydrogen (secondary N) is 2. The summed E-state index contributed by atoms with van der Waals surface area (Å²) >= 11 is 0. The zero-order valence-corrected chi connectivity index (χ0v) is 14.9. The lowest BCUT2D eigenvalue weighted by atomic mass is 10.0. The average molecular weight is 370 g/mol. The van der Waals surface area contributed by atoms with Gasteiger partial charge in [0.1, 0.15) is 17.3 Å². The summed E-state index contributed by atoms with van der Waals surface area (Å²) in [6.07, 6.45) is -0.0244. The molecule has 1 aromatic heterocycles. The Balaban J connectivity index is 1.84. The fourth-order valence-corrected chi connectivity index (χ4v) is 2.80. The monoisotopic (exact) mass is 370 g/mol. The van der Waals surface area contributed by atoms with Crippen molar-refractivity contribution in [2.24, 2.45) is 0 Å². The highest BCUT2D eigenvalue weighted by Crippen LogP contribution is 2.22. The molecule has 140 valence electrons. The predicted octanol–water partition coefficient (Wildman–Crippen LogP) is 3.35. The molecule has 0 radical (unpaired) electrons. The number of carbonyl (C=O) groups is 2. The third-order valence-electron chi connectivity index (χ3n) is 4.25. The van der Waals surface area contributed by atoms with Gasteiger partial charge in [0, 0.05) is 10.9 Å². The van der Waals surface area contributed by atoms with Crippen molar-refractivity contribution in [3.05, 3.63) is 65.6 Å². The molecule has 3 aromatic rings. The number of carbonyl (C=O) groups excluding carboxylic acids is 2. The van der Waals surface area contributed by atoms with Crippen LogP contribution in [0.2, 0.25) is 0 Å². The van der Waals surface area contributed by atoms with Crippen LogP contribution < -0.4 is 10.1 Å². The molecule has 0 fully saturated rings. The van der Waals surface area contributed by atoms with Crippen LogP contribution in [0.3, 0.4) is 0 Å². The lowest BCUT2D eigenvalue weighted by molar-refractivity contribution is -0.141. The molecule has 0 saturated carbocycles. The van der Waals surface area contributed by atoms with Crippen molar-refractivity contribution in [2.45, 2.75) is 12.5 Å². The Labute approximate surface area is 155 Å². The minimum Gasteiger partial charge on any atom is -0.497 e. The van der Waals surface area contributed by atoms with Gasteiger partial charge >= 0.3 is 5.97 Å². The maximum absolute atomic E-state index is 13.3. The van der Waals surface area contributed by atoms with E-state index in [-0.39, 0.29) is 17.9 Å². The molecule has 7 heteroatoms. The Morgan fingerprint density at radius 3 is 2.52 bits per heavy atom. The summed E-state index contributed by atoms with van der Waals surface area (Å²) in [5, 5.41) is 3.41. The summed E-state index contributed by atoms with van der Waals surface area (Å²) in [4.78, 5) is 27.4. The summed E-state index contributed by atoms with van der Waals surface area (Å²) in [7, 11) is 2.85. The van der Waals surface area contributed by atoms with Crippen LogP contribution in [-0.2, 0) is 9.53 Å². The minimum absolute atomic E-state index is 0.0244. The molecule has 0 aliphatic carbocycles. The minimum atomic E-state index is -0.584. The summed E-state index contributed by atoms with van der Waals surface area (Å²) in [5.74, 6) is -0.569. The number of H-pyrrole nitrogens is 1. The third-order valence-corrected chi connectivity index (χ3v) is 4.25. The predicted molar refractivity (Wildman–Crippen MR) is 98.1 cm³/mol. The summed E-state index contributed by atoms with van der Waals surface area (Å²) in [6, 6.07) is 12.2. The first-order valence-electron chi connectivity index (χ1n) is 8.30. The van der Waals surface area contributed by atoms with E-state index in [9.17, 15) is 14.0 Å². The highest BCUT2D eigenvalue weighted by Gasteiger charge is 2.21. The number of ether oxygens (including phenoxy) is 2. The number of aromatic nitrogens is 1. The average Bonchev–Trinajstić information content (AvgIpc) is 3.10. The van der Waals surface area contributed by atoms with Crippen molar-refractivity contribution in [3.8, 4) is 5.75 Å². The van der Waals surface area contributed by atoms with E-state index in [1.165, 1.54) is 19.2 Å². The number of aromatic amines is 1. The zero-order chi connectivity index (χ0) is 19.4. The largest absolute Gasteiger partial charge is 0.497 e. The molecule has 1 atom stereocenters. The number of hydrogen-bond acceptors (Lipinski definition) is 4. The first kappa shape index (κ1) is 18.4. The lowest BCUT2D eigenvalue weighted by Gasteiger charge is -2.18. The fourth-order valence-electron chi connectivity index (χ4n) is 2.80. The summed E-state index contributed by atoms with van der Waals surface area (Å²) < 4.78 is 23.2. The number of hydrogen-bond donors (Lipinski definition) is 2. The quantitative estimate of drug-likeness (QED) is 0.652. The van der Waals surface area contributed by atoms with Crippen molar-refractivity contribution in [1.29, 1.82) is 0 Å². The number of esters is 1. The van der Waals surface area contributed by atoms with E-state index >= 15 is 0 Å². The third kappa shape index (κ3) is 4.25. The Morgan fingerprint density at radius 1 is 1.11 bits per heavy atom. The number of rotatable bonds is 6. The van der Waals surface area contributed by atoms with Gasteiger partial charge in [-0.3, -0.25) is 9.59 Å². The van der Waals surface area contributed by atoms with E-state index < -0.39 is 17.9 Å². The molecular formula is C20H19FN2O4. The van der Waals surface area contributed by atoms with Crippen LogP contribution >= 0.6 is 0 Å². The molecule has 1 heterocycles. The van der Waals surface area contributed by atoms with Gasteiger partial charge in [-0.15, -0.1) is 0 Å². The molecule has 1 unspecified atom stereocenters. The standard InChI is InChI=1S/C20H19FN2O4/c1-26-15-6-3-12(4-7-15)17(11-19(24)27-2)23-20(25)18-10-13-9-14(21)5-8-16(13)22-18/h3-10,17,22H,11H2,1-2H3,(H,23,25). The first-order valence-corrected chi connectivity index (χ1v) is 8.30. The van der Waals surface area contributed by atoms with E-state index in [0.717, 1.165) is 5.56 Å². The second kappa shape index (κ2) is 7.90. The Kier molecular flexibility index (Phi) is 5.40. The Hall–Kier alpha value is -3.35. The van der Waals surface area contributed by atoms with Gasteiger partial charge in [0.05, 0.1) is 26.7 Å². The van der Waals surface area contributed by atoms with Gasteiger partial charge in [-0.25, -0.2) is 4.39 Å². The van der Waals surface area contributed by atoms with Crippen LogP contribution in [0.5, 0.6) is 5.75 Å². The van der Waals surface area contributed by atoms with Gasteiger partial charge in [-0.2, -0.15) is 0 Å². The van der Waals surface area contributed by atoms with Crippen LogP contribution in [-0.4, -0.2) is 31.1 Å². The molecule has 6 nitrogen and oxygen atoms in total. The van der Waals surface area contributed by atoms with Gasteiger partial charge in [-0.1, -0.05) is 12.1 Å². The molecule has 0 spiro atoms. The number of fused-ring (bicyclic) bond motifs is 1. The van der Waals surface area contributed by atoms with Crippen molar-refractivity contribution in [1.82, 2.24) is 10.3 Å². The van der Waals surface area contributed by atoms with Gasteiger partial charge in [0.25, 0.3) is 5.91 Å². The van der Waals surface area contributed by atoms with E-state index in [1.54, 1.807) is 43.5 Å². The van der Waals surface area contributed by atoms with Crippen molar-refractivity contribution >= 4 is 22.8 Å². The number of methoxy groups -OCH3 is 2. The second-order valence-electron chi connectivity index (χ2n) is 5.99. The normalized spacial score (nSPS) is 11.8. The molecule has 0 saturated heterocycles. The van der Waals surface area contributed by atoms with Gasteiger partial charge in [-0.05, 0) is 42.0 Å². The van der Waals surface area contributed by atoms with Gasteiger partial charge in [0.15, 0.2) is 0 Å². The van der Waals surface area contributed by atoms with Gasteiger partial charge < -0.3 is 19.8 Å². The second-order valence-corrected chi connectivity index (χ2v) is 5.99. The van der Waals surface area contributed by atoms with Crippen LogP contribution in [0.1, 0.15) is 28.5 Å². The molecule has 2 N–H and O–H groups in total. The smallest absolute Gasteiger partial charge is 0.307 e. The highest BCUT2D eigenvalue weighted by atomic mass is 19.1. The van der Waals surface area contributed by atoms with Crippen LogP contribution in [0.15, 0.2) is 48.5 Å². The molecule has 0 aliphatic heterocycles. The maximum atomic E-state index is 13.3. The van der Waals surface area contributed by atoms with Gasteiger partial charge in [0.2, 0.25) is 0 Å². The first-order chi connectivity index (χ1) is 13.0. The van der Waals surface area contributed by atoms with E-state index in [2.05, 4.69) is 10.3 Å². The summed E-state index contributed by atoms with van der Waals surface area (Å²) in [5.41, 5.74) is 1.66. The van der Waals surface area contributed by atoms with Crippen LogP contribution in [0, 0.1) is 5.82 Å². The van der Waals surface area contributed by atoms with Crippen LogP contribution in [0.4, 0.5) is 4.39 Å². The molecule has 3 rings (SSSR count). The number of halogens is 1. The van der Waals surface area contributed by atoms with E-state index in [0.29, 0.717) is 16.7 Å². The Bertz CT molecular complexity index is 966. The maximum Gasteiger partial charge on any atom is 0.307 e. The fraction of sp³-hybridized carbons (Fsp3) is 0.200. The van der Waals surface area contributed by atoms with Crippen LogP contribution in [0.25, 0.3) is 10.9 Å². The molecular weight excluding hydrogens is 351 g/mol. The molecule has 0 aliphatic rings. The van der Waals surface area contributed by atoms with Crippen molar-refractivity contribution < 1.29 is 23.5 Å². The topological polar surface area (TPSA) is 80.4 Å². The SMILES string of the molecule is COC(=O)CC(NC(=O)c1cc2cc(F)ccc2[nH]1)c1ccc(OC)cc1.